The molecule has 0 aromatic carbocycles. The number of aromatic nitrogens is 2. The second-order valence-corrected chi connectivity index (χ2v) is 4.46. The highest BCUT2D eigenvalue weighted by Gasteiger charge is 2.11. The summed E-state index contributed by atoms with van der Waals surface area (Å²) in [7, 11) is 0. The monoisotopic (exact) mass is 283 g/mol. The van der Waals surface area contributed by atoms with Gasteiger partial charge >= 0.3 is 0 Å². The van der Waals surface area contributed by atoms with Gasteiger partial charge in [-0.05, 0) is 28.9 Å². The molecule has 0 aliphatic carbocycles. The normalized spacial score (nSPS) is 12.9. The first-order chi connectivity index (χ1) is 7.77. The lowest BCUT2D eigenvalue weighted by molar-refractivity contribution is 0.421. The van der Waals surface area contributed by atoms with Crippen LogP contribution in [-0.4, -0.2) is 16.1 Å². The summed E-state index contributed by atoms with van der Waals surface area (Å²) in [5.41, 5.74) is 0. The number of nitrogens with zero attached hydrogens (tertiary/aromatic N) is 2. The number of furan rings is 1. The second-order valence-electron chi connectivity index (χ2n) is 3.61. The van der Waals surface area contributed by atoms with Crippen molar-refractivity contribution in [3.63, 3.8) is 0 Å². The van der Waals surface area contributed by atoms with Crippen LogP contribution in [0.3, 0.4) is 0 Å². The summed E-state index contributed by atoms with van der Waals surface area (Å²) >= 11 is 3.45. The topological polar surface area (TPSA) is 43.0 Å². The van der Waals surface area contributed by atoms with E-state index >= 15 is 0 Å². The lowest BCUT2D eigenvalue weighted by atomic mass is 10.2. The lowest BCUT2D eigenvalue weighted by Gasteiger charge is -2.12. The van der Waals surface area contributed by atoms with Gasteiger partial charge in [-0.25, -0.2) is 4.98 Å². The van der Waals surface area contributed by atoms with E-state index in [2.05, 4.69) is 33.2 Å². The zero-order chi connectivity index (χ0) is 11.4. The molecule has 0 spiro atoms. The molecular weight excluding hydrogens is 270 g/mol. The van der Waals surface area contributed by atoms with Crippen LogP contribution in [0, 0.1) is 0 Å². The van der Waals surface area contributed by atoms with Crippen molar-refractivity contribution < 1.29 is 4.42 Å². The highest BCUT2D eigenvalue weighted by atomic mass is 79.9. The van der Waals surface area contributed by atoms with E-state index in [0.29, 0.717) is 0 Å². The van der Waals surface area contributed by atoms with Gasteiger partial charge in [0.25, 0.3) is 0 Å². The molecule has 0 radical (unpaired) electrons. The minimum absolute atomic E-state index is 0.202. The molecule has 4 nitrogen and oxygen atoms in total. The van der Waals surface area contributed by atoms with Crippen molar-refractivity contribution in [2.45, 2.75) is 19.5 Å². The molecule has 0 amide bonds. The summed E-state index contributed by atoms with van der Waals surface area (Å²) in [4.78, 5) is 3.99. The summed E-state index contributed by atoms with van der Waals surface area (Å²) in [6.07, 6.45) is 7.24. The van der Waals surface area contributed by atoms with Crippen LogP contribution in [0.4, 0.5) is 0 Å². The zero-order valence-electron chi connectivity index (χ0n) is 9.06. The molecular formula is C11H14BrN3O. The largest absolute Gasteiger partial charge is 0.466 e. The minimum atomic E-state index is 0.202. The third kappa shape index (κ3) is 2.74. The molecule has 2 heterocycles. The third-order valence-electron chi connectivity index (χ3n) is 2.42. The summed E-state index contributed by atoms with van der Waals surface area (Å²) < 4.78 is 8.43. The van der Waals surface area contributed by atoms with Crippen LogP contribution in [0.25, 0.3) is 0 Å². The standard InChI is InChI=1S/C11H14BrN3O/c1-9(11-10(12)2-7-16-11)14-4-6-15-5-3-13-8-15/h2-3,5,7-9,14H,4,6H2,1H3. The molecule has 0 aliphatic heterocycles. The highest BCUT2D eigenvalue weighted by molar-refractivity contribution is 9.10. The fourth-order valence-electron chi connectivity index (χ4n) is 1.54. The van der Waals surface area contributed by atoms with Crippen molar-refractivity contribution in [3.8, 4) is 0 Å². The van der Waals surface area contributed by atoms with Gasteiger partial charge in [-0.1, -0.05) is 0 Å². The van der Waals surface area contributed by atoms with Crippen LogP contribution >= 0.6 is 15.9 Å². The molecule has 1 atom stereocenters. The van der Waals surface area contributed by atoms with E-state index in [9.17, 15) is 0 Å². The Morgan fingerprint density at radius 1 is 1.62 bits per heavy atom. The molecule has 0 fully saturated rings. The minimum Gasteiger partial charge on any atom is -0.466 e. The number of hydrogen-bond donors (Lipinski definition) is 1. The molecule has 5 heteroatoms. The Bertz CT molecular complexity index is 424. The van der Waals surface area contributed by atoms with E-state index in [1.54, 1.807) is 12.5 Å². The molecule has 16 heavy (non-hydrogen) atoms. The van der Waals surface area contributed by atoms with Crippen LogP contribution in [0.5, 0.6) is 0 Å². The average Bonchev–Trinajstić information content (AvgIpc) is 2.88. The van der Waals surface area contributed by atoms with Crippen LogP contribution in [0.15, 0.2) is 39.9 Å². The molecule has 86 valence electrons. The van der Waals surface area contributed by atoms with Crippen LogP contribution < -0.4 is 5.32 Å². The molecule has 2 aromatic rings. The summed E-state index contributed by atoms with van der Waals surface area (Å²) in [5.74, 6) is 0.936. The van der Waals surface area contributed by atoms with Crippen molar-refractivity contribution in [2.24, 2.45) is 0 Å². The Kier molecular flexibility index (Phi) is 3.79. The number of nitrogens with one attached hydrogen (secondary N) is 1. The Balaban J connectivity index is 1.80. The summed E-state index contributed by atoms with van der Waals surface area (Å²) in [5, 5.41) is 3.39. The Hall–Kier alpha value is -1.07. The smallest absolute Gasteiger partial charge is 0.134 e. The Morgan fingerprint density at radius 2 is 2.50 bits per heavy atom. The second kappa shape index (κ2) is 5.32. The first-order valence-corrected chi connectivity index (χ1v) is 5.98. The Morgan fingerprint density at radius 3 is 3.12 bits per heavy atom. The number of imidazole rings is 1. The van der Waals surface area contributed by atoms with Crippen molar-refractivity contribution in [2.75, 3.05) is 6.54 Å². The van der Waals surface area contributed by atoms with E-state index in [-0.39, 0.29) is 6.04 Å². The predicted molar refractivity (Wildman–Crippen MR) is 65.1 cm³/mol. The van der Waals surface area contributed by atoms with Crippen molar-refractivity contribution in [1.82, 2.24) is 14.9 Å². The maximum absolute atomic E-state index is 5.39. The summed E-state index contributed by atoms with van der Waals surface area (Å²) in [6.45, 7) is 3.87. The molecule has 0 saturated heterocycles. The SMILES string of the molecule is CC(NCCn1ccnc1)c1occc1Br. The first kappa shape index (κ1) is 11.4. The lowest BCUT2D eigenvalue weighted by Crippen LogP contribution is -2.22. The van der Waals surface area contributed by atoms with Crippen molar-refractivity contribution >= 4 is 15.9 Å². The molecule has 0 bridgehead atoms. The molecule has 1 unspecified atom stereocenters. The summed E-state index contributed by atoms with van der Waals surface area (Å²) in [6, 6.07) is 2.11. The third-order valence-corrected chi connectivity index (χ3v) is 3.07. The molecule has 1 N–H and O–H groups in total. The molecule has 0 aliphatic rings. The highest BCUT2D eigenvalue weighted by Crippen LogP contribution is 2.23. The molecule has 2 aromatic heterocycles. The predicted octanol–water partition coefficient (Wildman–Crippen LogP) is 2.59. The van der Waals surface area contributed by atoms with Gasteiger partial charge in [0, 0.05) is 25.5 Å². The van der Waals surface area contributed by atoms with Crippen molar-refractivity contribution in [3.05, 3.63) is 41.3 Å². The fourth-order valence-corrected chi connectivity index (χ4v) is 2.08. The van der Waals surface area contributed by atoms with Gasteiger partial charge in [-0.15, -0.1) is 0 Å². The van der Waals surface area contributed by atoms with Gasteiger partial charge in [-0.2, -0.15) is 0 Å². The fraction of sp³-hybridized carbons (Fsp3) is 0.364. The first-order valence-electron chi connectivity index (χ1n) is 5.19. The van der Waals surface area contributed by atoms with Gasteiger partial charge < -0.3 is 14.3 Å². The van der Waals surface area contributed by atoms with E-state index < -0.39 is 0 Å². The van der Waals surface area contributed by atoms with Gasteiger partial charge in [0.1, 0.15) is 5.76 Å². The van der Waals surface area contributed by atoms with E-state index in [1.165, 1.54) is 0 Å². The van der Waals surface area contributed by atoms with E-state index in [4.69, 9.17) is 4.42 Å². The zero-order valence-corrected chi connectivity index (χ0v) is 10.6. The molecule has 0 saturated carbocycles. The average molecular weight is 284 g/mol. The number of hydrogen-bond acceptors (Lipinski definition) is 3. The number of halogens is 1. The van der Waals surface area contributed by atoms with E-state index in [0.717, 1.165) is 23.3 Å². The van der Waals surface area contributed by atoms with Crippen LogP contribution in [-0.2, 0) is 6.54 Å². The van der Waals surface area contributed by atoms with E-state index in [1.807, 2.05) is 23.2 Å². The van der Waals surface area contributed by atoms with Gasteiger partial charge in [-0.3, -0.25) is 0 Å². The maximum Gasteiger partial charge on any atom is 0.134 e. The Labute approximate surface area is 103 Å². The van der Waals surface area contributed by atoms with Crippen molar-refractivity contribution in [1.29, 1.82) is 0 Å². The number of rotatable bonds is 5. The van der Waals surface area contributed by atoms with Gasteiger partial charge in [0.15, 0.2) is 0 Å². The quantitative estimate of drug-likeness (QED) is 0.917. The van der Waals surface area contributed by atoms with Crippen LogP contribution in [0.2, 0.25) is 0 Å². The van der Waals surface area contributed by atoms with Gasteiger partial charge in [0.05, 0.1) is 23.1 Å². The van der Waals surface area contributed by atoms with Gasteiger partial charge in [0.2, 0.25) is 0 Å². The van der Waals surface area contributed by atoms with Crippen LogP contribution in [0.1, 0.15) is 18.7 Å². The maximum atomic E-state index is 5.39. The molecule has 2 rings (SSSR count).